The molecule has 2 fully saturated rings. The van der Waals surface area contributed by atoms with Crippen LogP contribution in [0.25, 0.3) is 0 Å². The van der Waals surface area contributed by atoms with Crippen LogP contribution in [-0.4, -0.2) is 59.8 Å². The number of hydrogen-bond donors (Lipinski definition) is 0. The summed E-state index contributed by atoms with van der Waals surface area (Å²) in [7, 11) is 0. The molecule has 1 heterocycles. The second-order valence-electron chi connectivity index (χ2n) is 8.30. The van der Waals surface area contributed by atoms with E-state index in [1.165, 1.54) is 45.3 Å². The number of ether oxygens (including phenoxy) is 1. The van der Waals surface area contributed by atoms with E-state index < -0.39 is 0 Å². The number of hydrogen-bond acceptors (Lipinski definition) is 3. The van der Waals surface area contributed by atoms with Crippen molar-refractivity contribution < 1.29 is 4.74 Å². The maximum Gasteiger partial charge on any atom is 0.0608 e. The molecule has 130 valence electrons. The summed E-state index contributed by atoms with van der Waals surface area (Å²) >= 11 is 0. The molecule has 1 aliphatic carbocycles. The summed E-state index contributed by atoms with van der Waals surface area (Å²) in [4.78, 5) is 5.39. The van der Waals surface area contributed by atoms with Crippen molar-refractivity contribution in [2.45, 2.75) is 97.6 Å². The Kier molecular flexibility index (Phi) is 6.73. The molecule has 1 saturated carbocycles. The first-order valence-corrected chi connectivity index (χ1v) is 9.52. The minimum atomic E-state index is 0.374. The summed E-state index contributed by atoms with van der Waals surface area (Å²) in [6.07, 6.45) is 6.11. The third-order valence-corrected chi connectivity index (χ3v) is 5.52. The van der Waals surface area contributed by atoms with Crippen molar-refractivity contribution in [3.05, 3.63) is 0 Å². The van der Waals surface area contributed by atoms with Crippen LogP contribution in [0.3, 0.4) is 0 Å². The lowest BCUT2D eigenvalue weighted by Crippen LogP contribution is -2.53. The van der Waals surface area contributed by atoms with E-state index in [4.69, 9.17) is 4.74 Å². The van der Waals surface area contributed by atoms with Gasteiger partial charge in [-0.15, -0.1) is 0 Å². The molecular formula is C19H38N2O. The molecule has 0 unspecified atom stereocenters. The molecule has 0 atom stereocenters. The molecule has 2 rings (SSSR count). The second-order valence-corrected chi connectivity index (χ2v) is 8.30. The van der Waals surface area contributed by atoms with Crippen molar-refractivity contribution in [3.8, 4) is 0 Å². The molecule has 0 amide bonds. The smallest absolute Gasteiger partial charge is 0.0608 e. The third-order valence-electron chi connectivity index (χ3n) is 5.52. The first-order chi connectivity index (χ1) is 10.4. The average Bonchev–Trinajstić information content (AvgIpc) is 2.40. The first-order valence-electron chi connectivity index (χ1n) is 9.52. The molecule has 3 nitrogen and oxygen atoms in total. The van der Waals surface area contributed by atoms with Crippen molar-refractivity contribution in [1.29, 1.82) is 0 Å². The predicted octanol–water partition coefficient (Wildman–Crippen LogP) is 3.77. The van der Waals surface area contributed by atoms with Crippen molar-refractivity contribution in [2.75, 3.05) is 19.6 Å². The highest BCUT2D eigenvalue weighted by Gasteiger charge is 2.37. The van der Waals surface area contributed by atoms with Crippen molar-refractivity contribution in [1.82, 2.24) is 9.80 Å². The van der Waals surface area contributed by atoms with E-state index >= 15 is 0 Å². The maximum absolute atomic E-state index is 5.94. The van der Waals surface area contributed by atoms with E-state index in [0.29, 0.717) is 24.3 Å². The lowest BCUT2D eigenvalue weighted by molar-refractivity contribution is -0.0861. The largest absolute Gasteiger partial charge is 0.375 e. The molecule has 0 aromatic heterocycles. The Morgan fingerprint density at radius 3 is 2.05 bits per heavy atom. The number of likely N-dealkylation sites (tertiary alicyclic amines) is 1. The molecule has 22 heavy (non-hydrogen) atoms. The predicted molar refractivity (Wildman–Crippen MR) is 94.3 cm³/mol. The zero-order valence-electron chi connectivity index (χ0n) is 15.7. The van der Waals surface area contributed by atoms with Crippen LogP contribution in [0.2, 0.25) is 0 Å². The summed E-state index contributed by atoms with van der Waals surface area (Å²) in [5.41, 5.74) is 0. The summed E-state index contributed by atoms with van der Waals surface area (Å²) < 4.78 is 5.94. The maximum atomic E-state index is 5.94. The van der Waals surface area contributed by atoms with Crippen LogP contribution < -0.4 is 0 Å². The van der Waals surface area contributed by atoms with Gasteiger partial charge in [-0.1, -0.05) is 0 Å². The van der Waals surface area contributed by atoms with Gasteiger partial charge in [0.05, 0.1) is 12.2 Å². The Labute approximate surface area is 138 Å². The van der Waals surface area contributed by atoms with Gasteiger partial charge in [-0.05, 0) is 86.2 Å². The van der Waals surface area contributed by atoms with Crippen molar-refractivity contribution in [2.24, 2.45) is 5.92 Å². The minimum absolute atomic E-state index is 0.374. The summed E-state index contributed by atoms with van der Waals surface area (Å²) in [5.74, 6) is 0.891. The van der Waals surface area contributed by atoms with Crippen LogP contribution in [0.1, 0.15) is 67.2 Å². The minimum Gasteiger partial charge on any atom is -0.375 e. The number of nitrogens with zero attached hydrogens (tertiary/aromatic N) is 2. The summed E-state index contributed by atoms with van der Waals surface area (Å²) in [5, 5.41) is 0. The van der Waals surface area contributed by atoms with E-state index in [2.05, 4.69) is 51.3 Å². The Morgan fingerprint density at radius 1 is 1.00 bits per heavy atom. The van der Waals surface area contributed by atoms with Gasteiger partial charge in [0.2, 0.25) is 0 Å². The molecular weight excluding hydrogens is 272 g/mol. The Morgan fingerprint density at radius 2 is 1.59 bits per heavy atom. The number of piperidine rings is 1. The van der Waals surface area contributed by atoms with Crippen molar-refractivity contribution in [3.63, 3.8) is 0 Å². The van der Waals surface area contributed by atoms with Gasteiger partial charge in [0, 0.05) is 24.7 Å². The van der Waals surface area contributed by atoms with Gasteiger partial charge in [-0.2, -0.15) is 0 Å². The molecule has 2 aliphatic rings. The van der Waals surface area contributed by atoms with Crippen LogP contribution in [0.5, 0.6) is 0 Å². The second kappa shape index (κ2) is 8.12. The highest BCUT2D eigenvalue weighted by atomic mass is 16.5. The zero-order valence-corrected chi connectivity index (χ0v) is 15.7. The van der Waals surface area contributed by atoms with Gasteiger partial charge in [0.1, 0.15) is 0 Å². The fraction of sp³-hybridized carbons (Fsp3) is 1.00. The molecule has 1 aliphatic heterocycles. The molecule has 0 radical (unpaired) electrons. The lowest BCUT2D eigenvalue weighted by Gasteiger charge is -2.47. The van der Waals surface area contributed by atoms with Crippen LogP contribution in [0, 0.1) is 5.92 Å². The number of rotatable bonds is 7. The third kappa shape index (κ3) is 4.94. The van der Waals surface area contributed by atoms with E-state index in [9.17, 15) is 0 Å². The highest BCUT2D eigenvalue weighted by Crippen LogP contribution is 2.32. The van der Waals surface area contributed by atoms with Crippen LogP contribution in [-0.2, 0) is 4.74 Å². The quantitative estimate of drug-likeness (QED) is 0.712. The average molecular weight is 311 g/mol. The first kappa shape index (κ1) is 18.2. The van der Waals surface area contributed by atoms with Crippen LogP contribution in [0.15, 0.2) is 0 Å². The van der Waals surface area contributed by atoms with E-state index in [1.807, 2.05) is 0 Å². The van der Waals surface area contributed by atoms with Gasteiger partial charge in [-0.25, -0.2) is 0 Å². The van der Waals surface area contributed by atoms with E-state index in [1.54, 1.807) is 0 Å². The SMILES string of the molecule is CC(C)O[C@H]1C[C@H](N(CC2CCN(C(C)C)CC2)C(C)C)C1. The molecule has 0 aromatic carbocycles. The van der Waals surface area contributed by atoms with Gasteiger partial charge in [0.15, 0.2) is 0 Å². The molecule has 0 aromatic rings. The molecule has 0 spiro atoms. The Bertz CT molecular complexity index is 315. The molecule has 1 saturated heterocycles. The van der Waals surface area contributed by atoms with Gasteiger partial charge >= 0.3 is 0 Å². The monoisotopic (exact) mass is 310 g/mol. The van der Waals surface area contributed by atoms with Crippen LogP contribution >= 0.6 is 0 Å². The normalized spacial score (nSPS) is 28.1. The van der Waals surface area contributed by atoms with Crippen LogP contribution in [0.4, 0.5) is 0 Å². The van der Waals surface area contributed by atoms with Crippen molar-refractivity contribution >= 4 is 0 Å². The van der Waals surface area contributed by atoms with Gasteiger partial charge < -0.3 is 9.64 Å². The highest BCUT2D eigenvalue weighted by molar-refractivity contribution is 4.91. The lowest BCUT2D eigenvalue weighted by atomic mass is 9.85. The van der Waals surface area contributed by atoms with E-state index in [0.717, 1.165) is 12.0 Å². The zero-order chi connectivity index (χ0) is 16.3. The molecule has 0 N–H and O–H groups in total. The Balaban J connectivity index is 1.76. The topological polar surface area (TPSA) is 15.7 Å². The molecule has 3 heteroatoms. The van der Waals surface area contributed by atoms with Gasteiger partial charge in [-0.3, -0.25) is 4.90 Å². The van der Waals surface area contributed by atoms with Gasteiger partial charge in [0.25, 0.3) is 0 Å². The van der Waals surface area contributed by atoms with E-state index in [-0.39, 0.29) is 0 Å². The summed E-state index contributed by atoms with van der Waals surface area (Å²) in [6.45, 7) is 17.5. The fourth-order valence-corrected chi connectivity index (χ4v) is 4.04. The fourth-order valence-electron chi connectivity index (χ4n) is 4.04. The summed E-state index contributed by atoms with van der Waals surface area (Å²) in [6, 6.07) is 2.13. The molecule has 0 bridgehead atoms. The Hall–Kier alpha value is -0.120. The standard InChI is InChI=1S/C19H38N2O/c1-14(2)20-9-7-17(8-10-20)13-21(15(3)4)18-11-19(12-18)22-16(5)6/h14-19H,7-13H2,1-6H3/t18-,19-.